The lowest BCUT2D eigenvalue weighted by Crippen LogP contribution is -2.63. The molecule has 0 aromatic rings. The number of amides is 19. The van der Waals surface area contributed by atoms with E-state index in [4.69, 9.17) is 21.9 Å². The molecular formula is C93H161N21O25. The van der Waals surface area contributed by atoms with Crippen LogP contribution in [0.3, 0.4) is 0 Å². The Hall–Kier alpha value is -11.4. The highest BCUT2D eigenvalue weighted by Gasteiger charge is 2.44. The number of aliphatic hydroxyl groups is 4. The molecule has 0 bridgehead atoms. The van der Waals surface area contributed by atoms with Gasteiger partial charge >= 0.3 is 5.97 Å². The van der Waals surface area contributed by atoms with Crippen LogP contribution in [0.1, 0.15) is 248 Å². The van der Waals surface area contributed by atoms with Gasteiger partial charge in [0.25, 0.3) is 11.8 Å². The van der Waals surface area contributed by atoms with Crippen molar-refractivity contribution in [2.24, 2.45) is 64.5 Å². The third-order valence-corrected chi connectivity index (χ3v) is 23.5. The van der Waals surface area contributed by atoms with Crippen LogP contribution in [0, 0.1) is 47.3 Å². The van der Waals surface area contributed by atoms with Gasteiger partial charge in [-0.25, -0.2) is 4.79 Å². The summed E-state index contributed by atoms with van der Waals surface area (Å²) < 4.78 is 5.83. The Morgan fingerprint density at radius 3 is 1.33 bits per heavy atom. The van der Waals surface area contributed by atoms with E-state index in [0.29, 0.717) is 25.7 Å². The molecule has 2 saturated heterocycles. The summed E-state index contributed by atoms with van der Waals surface area (Å²) >= 11 is 0. The van der Waals surface area contributed by atoms with Crippen LogP contribution < -0.4 is 108 Å². The Balaban J connectivity index is 2.46. The smallest absolute Gasteiger partial charge is 0.328 e. The number of nitrogens with zero attached hydrogens (tertiary/aromatic N) is 1. The number of esters is 1. The normalized spacial score (nSPS) is 20.1. The first-order valence-electron chi connectivity index (χ1n) is 48.5. The number of carbonyl (C=O) groups excluding carboxylic acids is 20. The highest BCUT2D eigenvalue weighted by molar-refractivity contribution is 6.05. The van der Waals surface area contributed by atoms with Crippen molar-refractivity contribution in [2.75, 3.05) is 39.5 Å². The fraction of sp³-hybridized carbons (Fsp3) is 0.742. The predicted molar refractivity (Wildman–Crippen MR) is 511 cm³/mol. The summed E-state index contributed by atoms with van der Waals surface area (Å²) in [5.74, 6) is -23.7. The summed E-state index contributed by atoms with van der Waals surface area (Å²) in [6.45, 7) is 29.6. The maximum Gasteiger partial charge on any atom is 0.328 e. The maximum absolute atomic E-state index is 14.7. The monoisotopic (exact) mass is 1970 g/mol. The van der Waals surface area contributed by atoms with Gasteiger partial charge in [-0.05, 0) is 158 Å². The third kappa shape index (κ3) is 41.9. The largest absolute Gasteiger partial charge is 0.458 e. The van der Waals surface area contributed by atoms with E-state index in [1.54, 1.807) is 111 Å². The number of hydrogen-bond donors (Lipinski definition) is 24. The highest BCUT2D eigenvalue weighted by Crippen LogP contribution is 2.23. The average molecular weight is 1970 g/mol. The highest BCUT2D eigenvalue weighted by atomic mass is 16.5. The second-order valence-electron chi connectivity index (χ2n) is 38.2. The lowest BCUT2D eigenvalue weighted by Gasteiger charge is -2.32. The van der Waals surface area contributed by atoms with Crippen LogP contribution in [-0.2, 0) is 101 Å². The van der Waals surface area contributed by atoms with Crippen molar-refractivity contribution in [2.45, 2.75) is 357 Å². The number of likely N-dealkylation sites (tertiary alicyclic amines) is 1. The van der Waals surface area contributed by atoms with Crippen LogP contribution in [0.4, 0.5) is 0 Å². The van der Waals surface area contributed by atoms with Crippen LogP contribution in [0.5, 0.6) is 0 Å². The first kappa shape index (κ1) is 124. The van der Waals surface area contributed by atoms with Gasteiger partial charge in [0.05, 0.1) is 25.7 Å². The van der Waals surface area contributed by atoms with Crippen molar-refractivity contribution in [3.05, 3.63) is 23.5 Å². The molecule has 0 aromatic carbocycles. The van der Waals surface area contributed by atoms with Crippen LogP contribution >= 0.6 is 0 Å². The molecule has 0 unspecified atom stereocenters. The SMILES string of the molecule is C/C=C(\NC(=O)[C@@H](NC(=O)[C@@H](CC(C)C)NC(=O)[C@@H](CCC(N)=O)NC(=O)[C@H](NC(=O)[C@@H](NC(=O)[C@@H](CC(C)C)NC(=O)[C@H](CO)NC(=O)[C@H](NC(=O)[C@H](CC(C)C)NC(=O)[C@@H](CO)NC(=O)[C@@H]1CCCN1C(=O)/C(=C/C)NC(=O)C[C@@H](O)CCCC)C(C)C)C(C)C)C(C)C)C(C)C)C(=O)N[C@@H]1C(=O)N[C@@H]([C@@H](C)CC)C(=O)N[C@@H](CCO)C(=O)N[C@H](CCN)C(=O)N[C@H](CCCCN)C(=O)O[C@@H]1C. The standard InChI is InChI=1S/C93H161N21O25/c1-21-25-29-55(118)43-69(120)97-57(24-4)92(137)114-38-28-31-67(114)85(130)106-65(44-116)83(128)104-63(41-47(7)8)81(126)109-71(50(13)14)88(133)107-66(45-117)84(129)105-64(42-48(9)10)82(127)110-73(52(17)18)89(134)111-72(51(15)16)87(132)100-58(32-33-68(96)119)77(122)103-62(40-46(5)6)80(125)108-70(49(11)12)86(131)98-56(23-3)76(121)113-75-54(20)139-93(138)61(30-26-27-36-94)102-78(123)59(34-37-95)99-79(124)60(35-39-115)101-90(135)74(53(19)22-2)112-91(75)136/h23-24,46-55,58-67,70-75,115-118H,21-22,25-45,94-95H2,1-20H3,(H2,96,119)(H,97,120)(H,98,131)(H,99,124)(H,100,132)(H,101,135)(H,102,123)(H,103,122)(H,104,128)(H,105,129)(H,106,130)(H,107,133)(H,108,125)(H,109,126)(H,110,127)(H,111,134)(H,112,136)(H,113,121)/b56-23-,57-24-/t53-,54+,55-,58+,59+,60-,61+,62+,63-,64+,65+,66-,67-,70-,71+,72+,73-,74-,75-/m0/s1. The van der Waals surface area contributed by atoms with Crippen LogP contribution in [0.15, 0.2) is 23.5 Å². The number of primary amides is 1. The van der Waals surface area contributed by atoms with Crippen molar-refractivity contribution in [1.82, 2.24) is 95.3 Å². The molecule has 19 amide bonds. The number of unbranched alkanes of at least 4 members (excludes halogenated alkanes) is 2. The maximum atomic E-state index is 14.7. The van der Waals surface area contributed by atoms with E-state index in [1.165, 1.54) is 31.7 Å². The molecule has 19 atom stereocenters. The molecule has 0 aliphatic carbocycles. The number of ether oxygens (including phenoxy) is 1. The second kappa shape index (κ2) is 62.6. The van der Waals surface area contributed by atoms with Gasteiger partial charge in [-0.3, -0.25) is 91.1 Å². The molecular weight excluding hydrogens is 1810 g/mol. The number of carbonyl (C=O) groups is 20. The van der Waals surface area contributed by atoms with Gasteiger partial charge in [0, 0.05) is 19.6 Å². The van der Waals surface area contributed by atoms with Crippen LogP contribution in [-0.4, -0.2) is 292 Å². The Labute approximate surface area is 815 Å². The van der Waals surface area contributed by atoms with Gasteiger partial charge in [-0.15, -0.1) is 0 Å². The van der Waals surface area contributed by atoms with Crippen molar-refractivity contribution in [3.8, 4) is 0 Å². The number of hydrogen-bond acceptors (Lipinski definition) is 27. The van der Waals surface area contributed by atoms with E-state index in [1.807, 2.05) is 6.92 Å². The fourth-order valence-corrected chi connectivity index (χ4v) is 15.2. The minimum atomic E-state index is -1.89. The Morgan fingerprint density at radius 2 is 0.899 bits per heavy atom. The molecule has 2 aliphatic heterocycles. The van der Waals surface area contributed by atoms with E-state index in [9.17, 15) is 116 Å². The zero-order chi connectivity index (χ0) is 106. The topological polar surface area (TPSA) is 717 Å². The quantitative estimate of drug-likeness (QED) is 0.0157. The van der Waals surface area contributed by atoms with Crippen LogP contribution in [0.25, 0.3) is 0 Å². The molecule has 788 valence electrons. The average Bonchev–Trinajstić information content (AvgIpc) is 1.75. The number of cyclic esters (lactones) is 1. The van der Waals surface area contributed by atoms with E-state index < -0.39 is 295 Å². The first-order chi connectivity index (χ1) is 65.2. The lowest BCUT2D eigenvalue weighted by atomic mass is 9.96. The summed E-state index contributed by atoms with van der Waals surface area (Å²) in [4.78, 5) is 284. The zero-order valence-electron chi connectivity index (χ0n) is 84.5. The summed E-state index contributed by atoms with van der Waals surface area (Å²) in [5, 5.41) is 84.8. The molecule has 46 heteroatoms. The zero-order valence-corrected chi connectivity index (χ0v) is 84.5. The minimum Gasteiger partial charge on any atom is -0.458 e. The minimum absolute atomic E-state index is 0.0438. The number of allylic oxidation sites excluding steroid dienone is 2. The molecule has 2 aliphatic rings. The summed E-state index contributed by atoms with van der Waals surface area (Å²) in [6, 6.07) is -24.2. The molecule has 0 saturated carbocycles. The molecule has 0 aromatic heterocycles. The van der Waals surface area contributed by atoms with Crippen molar-refractivity contribution in [3.63, 3.8) is 0 Å². The van der Waals surface area contributed by atoms with E-state index in [-0.39, 0.29) is 107 Å². The fourth-order valence-electron chi connectivity index (χ4n) is 15.2. The van der Waals surface area contributed by atoms with Gasteiger partial charge in [-0.1, -0.05) is 149 Å². The summed E-state index contributed by atoms with van der Waals surface area (Å²) in [6.07, 6.45) is 1.23. The Bertz CT molecular complexity index is 4200. The Morgan fingerprint density at radius 1 is 0.475 bits per heavy atom. The number of rotatable bonds is 56. The lowest BCUT2D eigenvalue weighted by molar-refractivity contribution is -0.156. The molecule has 2 fully saturated rings. The molecule has 139 heavy (non-hydrogen) atoms. The predicted octanol–water partition coefficient (Wildman–Crippen LogP) is -3.91. The molecule has 2 heterocycles. The number of nitrogens with one attached hydrogen (secondary N) is 17. The Kier molecular flexibility index (Phi) is 55.7. The van der Waals surface area contributed by atoms with Gasteiger partial charge in [0.1, 0.15) is 114 Å². The molecule has 0 radical (unpaired) electrons. The van der Waals surface area contributed by atoms with E-state index >= 15 is 0 Å². The van der Waals surface area contributed by atoms with E-state index in [2.05, 4.69) is 90.4 Å². The molecule has 46 nitrogen and oxygen atoms in total. The van der Waals surface area contributed by atoms with Crippen molar-refractivity contribution >= 4 is 118 Å². The van der Waals surface area contributed by atoms with Gasteiger partial charge < -0.3 is 138 Å². The molecule has 27 N–H and O–H groups in total. The number of nitrogens with two attached hydrogens (primary N) is 3. The molecule has 2 rings (SSSR count). The van der Waals surface area contributed by atoms with Crippen molar-refractivity contribution in [1.29, 1.82) is 0 Å². The summed E-state index contributed by atoms with van der Waals surface area (Å²) in [7, 11) is 0. The van der Waals surface area contributed by atoms with Gasteiger partial charge in [0.15, 0.2) is 0 Å². The second-order valence-corrected chi connectivity index (χ2v) is 38.2. The first-order valence-corrected chi connectivity index (χ1v) is 48.5. The van der Waals surface area contributed by atoms with E-state index in [0.717, 1.165) is 12.5 Å². The third-order valence-electron chi connectivity index (χ3n) is 23.5. The molecule has 0 spiro atoms. The van der Waals surface area contributed by atoms with Gasteiger partial charge in [0.2, 0.25) is 100 Å². The van der Waals surface area contributed by atoms with Crippen LogP contribution in [0.2, 0.25) is 0 Å². The van der Waals surface area contributed by atoms with Gasteiger partial charge in [-0.2, -0.15) is 0 Å². The number of aliphatic hydroxyl groups excluding tert-OH is 4. The summed E-state index contributed by atoms with van der Waals surface area (Å²) in [5.41, 5.74) is 16.5. The van der Waals surface area contributed by atoms with Crippen molar-refractivity contribution < 1.29 is 121 Å².